The van der Waals surface area contributed by atoms with E-state index in [0.29, 0.717) is 17.9 Å². The third-order valence-corrected chi connectivity index (χ3v) is 6.73. The summed E-state index contributed by atoms with van der Waals surface area (Å²) in [6, 6.07) is 8.38. The summed E-state index contributed by atoms with van der Waals surface area (Å²) in [6.07, 6.45) is 10.4. The van der Waals surface area contributed by atoms with Crippen LogP contribution in [0.5, 0.6) is 5.75 Å². The SMILES string of the molecule is N#C/C=C/CC[C@H]1CC[C@H](OC[C@H]2CC[C@H](c3ccc(OC(F)(F)F)cc3)CC2)CC1. The van der Waals surface area contributed by atoms with Gasteiger partial charge in [-0.25, -0.2) is 0 Å². The summed E-state index contributed by atoms with van der Waals surface area (Å²) in [7, 11) is 0. The van der Waals surface area contributed by atoms with E-state index in [9.17, 15) is 13.2 Å². The van der Waals surface area contributed by atoms with Crippen molar-refractivity contribution in [1.29, 1.82) is 5.26 Å². The van der Waals surface area contributed by atoms with Gasteiger partial charge in [-0.1, -0.05) is 18.2 Å². The Morgan fingerprint density at radius 1 is 0.935 bits per heavy atom. The first kappa shape index (κ1) is 23.7. The largest absolute Gasteiger partial charge is 0.573 e. The standard InChI is InChI=1S/C25H32F3NO2/c26-25(27,28)31-24-15-11-22(12-16-24)21-9-5-20(6-10-21)18-30-23-13-7-19(8-14-23)4-2-1-3-17-29/h1,3,11-12,15-16,19-21,23H,2,4-10,13-14,18H2/b3-1+/t19-,20-,21-,23-. The van der Waals surface area contributed by atoms with Crippen molar-refractivity contribution in [1.82, 2.24) is 0 Å². The van der Waals surface area contributed by atoms with Crippen LogP contribution in [0.15, 0.2) is 36.4 Å². The molecule has 2 saturated carbocycles. The van der Waals surface area contributed by atoms with Gasteiger partial charge in [-0.15, -0.1) is 13.2 Å². The van der Waals surface area contributed by atoms with Crippen molar-refractivity contribution in [3.8, 4) is 11.8 Å². The molecule has 0 N–H and O–H groups in total. The van der Waals surface area contributed by atoms with Gasteiger partial charge in [-0.05, 0) is 99.7 Å². The Bertz CT molecular complexity index is 723. The molecule has 0 aromatic heterocycles. The molecule has 2 aliphatic carbocycles. The van der Waals surface area contributed by atoms with Gasteiger partial charge in [0, 0.05) is 12.7 Å². The number of allylic oxidation sites excluding steroid dienone is 2. The van der Waals surface area contributed by atoms with Crippen LogP contribution in [0.1, 0.15) is 75.7 Å². The molecule has 0 radical (unpaired) electrons. The Morgan fingerprint density at radius 2 is 1.58 bits per heavy atom. The second-order valence-corrected chi connectivity index (χ2v) is 8.92. The van der Waals surface area contributed by atoms with Gasteiger partial charge in [-0.3, -0.25) is 0 Å². The average Bonchev–Trinajstić information content (AvgIpc) is 2.76. The fourth-order valence-electron chi connectivity index (χ4n) is 4.93. The van der Waals surface area contributed by atoms with E-state index < -0.39 is 6.36 Å². The molecule has 0 bridgehead atoms. The number of halogens is 3. The van der Waals surface area contributed by atoms with Crippen molar-refractivity contribution in [3.05, 3.63) is 42.0 Å². The summed E-state index contributed by atoms with van der Waals surface area (Å²) in [5.74, 6) is 1.58. The number of ether oxygens (including phenoxy) is 2. The third kappa shape index (κ3) is 8.22. The first-order valence-corrected chi connectivity index (χ1v) is 11.4. The molecule has 1 aromatic carbocycles. The highest BCUT2D eigenvalue weighted by Crippen LogP contribution is 2.37. The molecule has 3 nitrogen and oxygen atoms in total. The van der Waals surface area contributed by atoms with Gasteiger partial charge in [0.25, 0.3) is 0 Å². The summed E-state index contributed by atoms with van der Waals surface area (Å²) in [5.41, 5.74) is 1.09. The maximum atomic E-state index is 12.3. The third-order valence-electron chi connectivity index (χ3n) is 6.73. The lowest BCUT2D eigenvalue weighted by Crippen LogP contribution is -2.25. The number of nitriles is 1. The van der Waals surface area contributed by atoms with Crippen LogP contribution in [0.3, 0.4) is 0 Å². The zero-order chi connectivity index (χ0) is 22.1. The van der Waals surface area contributed by atoms with E-state index in [1.165, 1.54) is 25.0 Å². The van der Waals surface area contributed by atoms with Crippen LogP contribution in [0.2, 0.25) is 0 Å². The van der Waals surface area contributed by atoms with Crippen LogP contribution in [0.25, 0.3) is 0 Å². The van der Waals surface area contributed by atoms with E-state index in [0.717, 1.165) is 69.5 Å². The van der Waals surface area contributed by atoms with E-state index in [4.69, 9.17) is 10.00 Å². The molecule has 3 rings (SSSR count). The summed E-state index contributed by atoms with van der Waals surface area (Å²) < 4.78 is 47.1. The molecule has 0 amide bonds. The highest BCUT2D eigenvalue weighted by atomic mass is 19.4. The predicted molar refractivity (Wildman–Crippen MR) is 114 cm³/mol. The lowest BCUT2D eigenvalue weighted by molar-refractivity contribution is -0.274. The number of alkyl halides is 3. The summed E-state index contributed by atoms with van der Waals surface area (Å²) >= 11 is 0. The normalized spacial score (nSPS) is 27.2. The predicted octanol–water partition coefficient (Wildman–Crippen LogP) is 7.29. The molecular weight excluding hydrogens is 403 g/mol. The molecule has 0 heterocycles. The molecule has 2 aliphatic rings. The Labute approximate surface area is 183 Å². The summed E-state index contributed by atoms with van der Waals surface area (Å²) in [5, 5.41) is 8.53. The highest BCUT2D eigenvalue weighted by Gasteiger charge is 2.31. The minimum absolute atomic E-state index is 0.160. The summed E-state index contributed by atoms with van der Waals surface area (Å²) in [4.78, 5) is 0. The van der Waals surface area contributed by atoms with Crippen molar-refractivity contribution in [2.75, 3.05) is 6.61 Å². The lowest BCUT2D eigenvalue weighted by Gasteiger charge is -2.32. The van der Waals surface area contributed by atoms with Crippen LogP contribution in [-0.4, -0.2) is 19.1 Å². The maximum Gasteiger partial charge on any atom is 0.573 e. The second-order valence-electron chi connectivity index (χ2n) is 8.92. The van der Waals surface area contributed by atoms with Gasteiger partial charge in [0.2, 0.25) is 0 Å². The minimum atomic E-state index is -4.64. The minimum Gasteiger partial charge on any atom is -0.406 e. The van der Waals surface area contributed by atoms with E-state index in [1.807, 2.05) is 12.1 Å². The molecule has 1 aromatic rings. The smallest absolute Gasteiger partial charge is 0.406 e. The first-order chi connectivity index (χ1) is 14.9. The van der Waals surface area contributed by atoms with E-state index in [-0.39, 0.29) is 5.75 Å². The first-order valence-electron chi connectivity index (χ1n) is 11.4. The van der Waals surface area contributed by atoms with Crippen molar-refractivity contribution < 1.29 is 22.6 Å². The molecule has 0 aliphatic heterocycles. The van der Waals surface area contributed by atoms with E-state index in [1.54, 1.807) is 18.2 Å². The monoisotopic (exact) mass is 435 g/mol. The number of benzene rings is 1. The summed E-state index contributed by atoms with van der Waals surface area (Å²) in [6.45, 7) is 0.825. The van der Waals surface area contributed by atoms with Crippen LogP contribution >= 0.6 is 0 Å². The molecule has 31 heavy (non-hydrogen) atoms. The van der Waals surface area contributed by atoms with Gasteiger partial charge in [0.15, 0.2) is 0 Å². The van der Waals surface area contributed by atoms with Gasteiger partial charge in [-0.2, -0.15) is 5.26 Å². The van der Waals surface area contributed by atoms with Crippen molar-refractivity contribution in [2.24, 2.45) is 11.8 Å². The van der Waals surface area contributed by atoms with E-state index >= 15 is 0 Å². The highest BCUT2D eigenvalue weighted by molar-refractivity contribution is 5.29. The van der Waals surface area contributed by atoms with Gasteiger partial charge in [0.1, 0.15) is 5.75 Å². The van der Waals surface area contributed by atoms with E-state index in [2.05, 4.69) is 4.74 Å². The molecule has 0 saturated heterocycles. The molecule has 170 valence electrons. The van der Waals surface area contributed by atoms with Crippen molar-refractivity contribution >= 4 is 0 Å². The van der Waals surface area contributed by atoms with Crippen LogP contribution in [0.4, 0.5) is 13.2 Å². The fraction of sp³-hybridized carbons (Fsp3) is 0.640. The van der Waals surface area contributed by atoms with Crippen LogP contribution < -0.4 is 4.74 Å². The molecular formula is C25H32F3NO2. The zero-order valence-corrected chi connectivity index (χ0v) is 17.9. The number of nitrogens with zero attached hydrogens (tertiary/aromatic N) is 1. The van der Waals surface area contributed by atoms with Gasteiger partial charge in [0.05, 0.1) is 12.2 Å². The fourth-order valence-corrected chi connectivity index (χ4v) is 4.93. The van der Waals surface area contributed by atoms with Crippen molar-refractivity contribution in [2.45, 2.75) is 82.6 Å². The van der Waals surface area contributed by atoms with Gasteiger partial charge < -0.3 is 9.47 Å². The quantitative estimate of drug-likeness (QED) is 0.403. The Kier molecular flexibility index (Phi) is 8.83. The maximum absolute atomic E-state index is 12.3. The number of rotatable bonds is 8. The van der Waals surface area contributed by atoms with Crippen molar-refractivity contribution in [3.63, 3.8) is 0 Å². The Morgan fingerprint density at radius 3 is 2.19 bits per heavy atom. The Balaban J connectivity index is 1.32. The lowest BCUT2D eigenvalue weighted by atomic mass is 9.79. The molecule has 0 spiro atoms. The van der Waals surface area contributed by atoms with Gasteiger partial charge >= 0.3 is 6.36 Å². The van der Waals surface area contributed by atoms with Crippen LogP contribution in [0, 0.1) is 23.2 Å². The molecule has 2 fully saturated rings. The molecule has 0 atom stereocenters. The topological polar surface area (TPSA) is 42.2 Å². The number of hydrogen-bond acceptors (Lipinski definition) is 3. The molecule has 6 heteroatoms. The second kappa shape index (κ2) is 11.6. The molecule has 0 unspecified atom stereocenters. The average molecular weight is 436 g/mol. The van der Waals surface area contributed by atoms with Crippen LogP contribution in [-0.2, 0) is 4.74 Å². The number of hydrogen-bond donors (Lipinski definition) is 0. The zero-order valence-electron chi connectivity index (χ0n) is 17.9. The Hall–Kier alpha value is -2.00.